The van der Waals surface area contributed by atoms with E-state index in [2.05, 4.69) is 0 Å². The van der Waals surface area contributed by atoms with Crippen LogP contribution in [0.1, 0.15) is 27.8 Å². The SMILES string of the molecule is CO[C@@H]1O[C@H](CO[C@H]2O[C@H](COCc3ccccc3)[C@@H](OCc3ccccc3)[C@@H]2OCc2ccccc2)[C@@H](OCc2ccccc2)[C@@H]1OCc1ccccc1. The van der Waals surface area contributed by atoms with E-state index in [9.17, 15) is 0 Å². The van der Waals surface area contributed by atoms with Gasteiger partial charge in [-0.2, -0.15) is 0 Å². The minimum atomic E-state index is -0.793. The van der Waals surface area contributed by atoms with E-state index in [0.717, 1.165) is 27.8 Å². The molecule has 2 aliphatic rings. The molecule has 55 heavy (non-hydrogen) atoms. The molecule has 0 amide bonds. The molecule has 288 valence electrons. The first-order valence-corrected chi connectivity index (χ1v) is 18.9. The quantitative estimate of drug-likeness (QED) is 0.0798. The Labute approximate surface area is 324 Å². The highest BCUT2D eigenvalue weighted by molar-refractivity contribution is 5.17. The standard InChI is InChI=1S/C46H50O9/c1-47-45-43(51-30-37-23-13-5-14-24-37)42(50-29-36-21-11-4-12-22-36)40(54-45)33-53-46-44(52-31-38-25-15-6-16-26-38)41(49-28-35-19-9-3-10-20-35)39(55-46)32-48-27-34-17-7-2-8-18-34/h2-26,39-46H,27-33H2,1H3/t39-,40-,41-,42-,43+,44+,45-,46+/m1/s1. The van der Waals surface area contributed by atoms with Crippen LogP contribution in [0.4, 0.5) is 0 Å². The maximum absolute atomic E-state index is 6.66. The lowest BCUT2D eigenvalue weighted by Crippen LogP contribution is -2.42. The summed E-state index contributed by atoms with van der Waals surface area (Å²) in [6.07, 6.45) is -4.57. The zero-order valence-corrected chi connectivity index (χ0v) is 31.2. The van der Waals surface area contributed by atoms with Crippen LogP contribution in [0.25, 0.3) is 0 Å². The van der Waals surface area contributed by atoms with Crippen molar-refractivity contribution in [2.24, 2.45) is 0 Å². The van der Waals surface area contributed by atoms with E-state index in [-0.39, 0.29) is 13.2 Å². The molecule has 2 saturated heterocycles. The molecule has 2 aliphatic heterocycles. The van der Waals surface area contributed by atoms with Crippen LogP contribution in [-0.4, -0.2) is 69.5 Å². The summed E-state index contributed by atoms with van der Waals surface area (Å²) in [5.74, 6) is 0. The molecule has 0 unspecified atom stereocenters. The van der Waals surface area contributed by atoms with Gasteiger partial charge in [0.1, 0.15) is 36.6 Å². The van der Waals surface area contributed by atoms with Crippen molar-refractivity contribution in [2.45, 2.75) is 82.2 Å². The van der Waals surface area contributed by atoms with Crippen molar-refractivity contribution in [3.8, 4) is 0 Å². The van der Waals surface area contributed by atoms with Gasteiger partial charge < -0.3 is 42.6 Å². The van der Waals surface area contributed by atoms with Gasteiger partial charge >= 0.3 is 0 Å². The Hall–Kier alpha value is -4.26. The van der Waals surface area contributed by atoms with Crippen molar-refractivity contribution in [1.82, 2.24) is 0 Å². The summed E-state index contributed by atoms with van der Waals surface area (Å²) in [6, 6.07) is 50.3. The summed E-state index contributed by atoms with van der Waals surface area (Å²) >= 11 is 0. The molecule has 0 N–H and O–H groups in total. The van der Waals surface area contributed by atoms with Crippen LogP contribution in [0.5, 0.6) is 0 Å². The predicted molar refractivity (Wildman–Crippen MR) is 206 cm³/mol. The largest absolute Gasteiger partial charge is 0.374 e. The highest BCUT2D eigenvalue weighted by atomic mass is 16.8. The van der Waals surface area contributed by atoms with E-state index >= 15 is 0 Å². The van der Waals surface area contributed by atoms with Crippen LogP contribution in [-0.2, 0) is 75.7 Å². The first-order chi connectivity index (χ1) is 27.2. The summed E-state index contributed by atoms with van der Waals surface area (Å²) < 4.78 is 58.1. The van der Waals surface area contributed by atoms with Crippen LogP contribution >= 0.6 is 0 Å². The normalized spacial score (nSPS) is 25.0. The highest BCUT2D eigenvalue weighted by Gasteiger charge is 2.50. The monoisotopic (exact) mass is 746 g/mol. The van der Waals surface area contributed by atoms with Gasteiger partial charge in [-0.05, 0) is 27.8 Å². The minimum Gasteiger partial charge on any atom is -0.374 e. The van der Waals surface area contributed by atoms with Gasteiger partial charge in [0.2, 0.25) is 0 Å². The number of ether oxygens (including phenoxy) is 9. The van der Waals surface area contributed by atoms with Gasteiger partial charge in [-0.1, -0.05) is 152 Å². The van der Waals surface area contributed by atoms with Crippen molar-refractivity contribution in [2.75, 3.05) is 20.3 Å². The molecule has 2 fully saturated rings. The molecule has 8 atom stereocenters. The smallest absolute Gasteiger partial charge is 0.187 e. The molecule has 0 aliphatic carbocycles. The maximum Gasteiger partial charge on any atom is 0.187 e. The number of hydrogen-bond acceptors (Lipinski definition) is 9. The third kappa shape index (κ3) is 11.2. The van der Waals surface area contributed by atoms with Crippen molar-refractivity contribution >= 4 is 0 Å². The zero-order valence-electron chi connectivity index (χ0n) is 31.2. The molecule has 9 nitrogen and oxygen atoms in total. The van der Waals surface area contributed by atoms with Crippen molar-refractivity contribution in [1.29, 1.82) is 0 Å². The number of methoxy groups -OCH3 is 1. The minimum absolute atomic E-state index is 0.128. The van der Waals surface area contributed by atoms with Gasteiger partial charge in [0, 0.05) is 7.11 Å². The van der Waals surface area contributed by atoms with E-state index in [0.29, 0.717) is 33.0 Å². The molecule has 0 aromatic heterocycles. The Balaban J connectivity index is 1.09. The molecule has 0 bridgehead atoms. The average Bonchev–Trinajstić information content (AvgIpc) is 3.77. The first kappa shape index (κ1) is 39.0. The maximum atomic E-state index is 6.66. The van der Waals surface area contributed by atoms with Crippen molar-refractivity contribution < 1.29 is 42.6 Å². The zero-order chi connectivity index (χ0) is 37.5. The lowest BCUT2D eigenvalue weighted by atomic mass is 10.1. The molecule has 7 rings (SSSR count). The molecule has 0 spiro atoms. The average molecular weight is 747 g/mol. The van der Waals surface area contributed by atoms with E-state index in [4.69, 9.17) is 42.6 Å². The summed E-state index contributed by atoms with van der Waals surface area (Å²) in [5.41, 5.74) is 5.22. The summed E-state index contributed by atoms with van der Waals surface area (Å²) in [5, 5.41) is 0. The third-order valence-corrected chi connectivity index (χ3v) is 9.73. The topological polar surface area (TPSA) is 83.1 Å². The van der Waals surface area contributed by atoms with Crippen LogP contribution in [0, 0.1) is 0 Å². The lowest BCUT2D eigenvalue weighted by molar-refractivity contribution is -0.212. The second-order valence-corrected chi connectivity index (χ2v) is 13.7. The molecule has 5 aromatic carbocycles. The molecule has 2 heterocycles. The van der Waals surface area contributed by atoms with Gasteiger partial charge in [-0.15, -0.1) is 0 Å². The second kappa shape index (κ2) is 20.6. The van der Waals surface area contributed by atoms with Crippen LogP contribution < -0.4 is 0 Å². The Morgan fingerprint density at radius 1 is 0.364 bits per heavy atom. The fourth-order valence-electron chi connectivity index (χ4n) is 6.85. The molecule has 0 saturated carbocycles. The van der Waals surface area contributed by atoms with Gasteiger partial charge in [-0.25, -0.2) is 0 Å². The van der Waals surface area contributed by atoms with E-state index < -0.39 is 49.2 Å². The molecule has 5 aromatic rings. The molecular weight excluding hydrogens is 696 g/mol. The molecular formula is C46H50O9. The summed E-state index contributed by atoms with van der Waals surface area (Å²) in [4.78, 5) is 0. The van der Waals surface area contributed by atoms with E-state index in [1.165, 1.54) is 0 Å². The Bertz CT molecular complexity index is 1780. The highest BCUT2D eigenvalue weighted by Crippen LogP contribution is 2.33. The predicted octanol–water partition coefficient (Wildman–Crippen LogP) is 7.66. The number of benzene rings is 5. The van der Waals surface area contributed by atoms with Crippen molar-refractivity contribution in [3.63, 3.8) is 0 Å². The van der Waals surface area contributed by atoms with Crippen LogP contribution in [0.15, 0.2) is 152 Å². The number of hydrogen-bond donors (Lipinski definition) is 0. The Kier molecular flexibility index (Phi) is 14.6. The van der Waals surface area contributed by atoms with Crippen LogP contribution in [0.3, 0.4) is 0 Å². The first-order valence-electron chi connectivity index (χ1n) is 18.9. The van der Waals surface area contributed by atoms with Gasteiger partial charge in [0.05, 0.1) is 46.2 Å². The summed E-state index contributed by atoms with van der Waals surface area (Å²) in [7, 11) is 1.61. The Morgan fingerprint density at radius 3 is 1.09 bits per heavy atom. The van der Waals surface area contributed by atoms with Gasteiger partial charge in [0.15, 0.2) is 12.6 Å². The molecule has 9 heteroatoms. The Morgan fingerprint density at radius 2 is 0.691 bits per heavy atom. The number of rotatable bonds is 20. The molecule has 0 radical (unpaired) electrons. The van der Waals surface area contributed by atoms with E-state index in [1.807, 2.05) is 152 Å². The second-order valence-electron chi connectivity index (χ2n) is 13.7. The fourth-order valence-corrected chi connectivity index (χ4v) is 6.85. The van der Waals surface area contributed by atoms with Gasteiger partial charge in [0.25, 0.3) is 0 Å². The van der Waals surface area contributed by atoms with E-state index in [1.54, 1.807) is 7.11 Å². The third-order valence-electron chi connectivity index (χ3n) is 9.73. The van der Waals surface area contributed by atoms with Crippen LogP contribution in [0.2, 0.25) is 0 Å². The fraction of sp³-hybridized carbons (Fsp3) is 0.348. The van der Waals surface area contributed by atoms with Gasteiger partial charge in [-0.3, -0.25) is 0 Å². The van der Waals surface area contributed by atoms with Crippen molar-refractivity contribution in [3.05, 3.63) is 179 Å². The lowest BCUT2D eigenvalue weighted by Gasteiger charge is -2.27. The summed E-state index contributed by atoms with van der Waals surface area (Å²) in [6.45, 7) is 2.31.